The number of benzene rings is 1. The molecular formula is C16H20N2O. The molecule has 100 valence electrons. The molecule has 3 N–H and O–H groups in total. The highest BCUT2D eigenvalue weighted by Gasteiger charge is 2.24. The predicted molar refractivity (Wildman–Crippen MR) is 76.9 cm³/mol. The van der Waals surface area contributed by atoms with E-state index in [1.54, 1.807) is 0 Å². The molecule has 2 unspecified atom stereocenters. The van der Waals surface area contributed by atoms with E-state index in [1.165, 1.54) is 11.1 Å². The molecule has 2 atom stereocenters. The van der Waals surface area contributed by atoms with Gasteiger partial charge in [-0.05, 0) is 62.1 Å². The summed E-state index contributed by atoms with van der Waals surface area (Å²) in [6, 6.07) is 10.9. The average Bonchev–Trinajstić information content (AvgIpc) is 2.96. The first-order valence-electron chi connectivity index (χ1n) is 6.84. The maximum atomic E-state index is 5.84. The summed E-state index contributed by atoms with van der Waals surface area (Å²) in [6.07, 6.45) is 2.23. The zero-order valence-corrected chi connectivity index (χ0v) is 11.4. The van der Waals surface area contributed by atoms with Crippen LogP contribution >= 0.6 is 0 Å². The molecule has 1 aromatic carbocycles. The number of hydrogen-bond donors (Lipinski definition) is 2. The summed E-state index contributed by atoms with van der Waals surface area (Å²) < 4.78 is 5.68. The van der Waals surface area contributed by atoms with Crippen LogP contribution in [0.15, 0.2) is 34.7 Å². The van der Waals surface area contributed by atoms with E-state index < -0.39 is 0 Å². The van der Waals surface area contributed by atoms with E-state index in [-0.39, 0.29) is 6.04 Å². The van der Waals surface area contributed by atoms with Gasteiger partial charge in [0.15, 0.2) is 0 Å². The Labute approximate surface area is 113 Å². The lowest BCUT2D eigenvalue weighted by Gasteiger charge is -2.19. The molecule has 1 aromatic heterocycles. The smallest absolute Gasteiger partial charge is 0.120 e. The molecule has 0 spiro atoms. The third kappa shape index (κ3) is 2.38. The van der Waals surface area contributed by atoms with Gasteiger partial charge in [0.05, 0.1) is 6.04 Å². The maximum absolute atomic E-state index is 5.84. The second-order valence-corrected chi connectivity index (χ2v) is 5.39. The van der Waals surface area contributed by atoms with Crippen molar-refractivity contribution in [1.29, 1.82) is 0 Å². The lowest BCUT2D eigenvalue weighted by atomic mass is 10.1. The van der Waals surface area contributed by atoms with Crippen molar-refractivity contribution in [3.8, 4) is 0 Å². The first kappa shape index (κ1) is 12.3. The summed E-state index contributed by atoms with van der Waals surface area (Å²) in [4.78, 5) is 0. The van der Waals surface area contributed by atoms with Crippen LogP contribution in [0, 0.1) is 6.92 Å². The van der Waals surface area contributed by atoms with Crippen molar-refractivity contribution in [2.75, 3.05) is 5.73 Å². The third-order valence-corrected chi connectivity index (χ3v) is 3.88. The molecule has 1 heterocycles. The fraction of sp³-hybridized carbons (Fsp3) is 0.375. The maximum Gasteiger partial charge on any atom is 0.120 e. The molecule has 2 aromatic rings. The predicted octanol–water partition coefficient (Wildman–Crippen LogP) is 3.51. The number of nitrogen functional groups attached to an aromatic ring is 1. The molecule has 0 radical (unpaired) electrons. The van der Waals surface area contributed by atoms with Crippen LogP contribution in [0.5, 0.6) is 0 Å². The van der Waals surface area contributed by atoms with E-state index >= 15 is 0 Å². The number of rotatable bonds is 3. The van der Waals surface area contributed by atoms with Gasteiger partial charge in [0.25, 0.3) is 0 Å². The lowest BCUT2D eigenvalue weighted by molar-refractivity contribution is 0.382. The Morgan fingerprint density at radius 1 is 1.32 bits per heavy atom. The number of nitrogens with two attached hydrogens (primary N) is 1. The molecule has 0 bridgehead atoms. The fourth-order valence-electron chi connectivity index (χ4n) is 2.88. The Bertz CT molecular complexity index is 588. The van der Waals surface area contributed by atoms with Crippen LogP contribution in [0.25, 0.3) is 0 Å². The minimum Gasteiger partial charge on any atom is -0.465 e. The lowest BCUT2D eigenvalue weighted by Crippen LogP contribution is -2.22. The standard InChI is InChI=1S/C16H20N2O/c1-10-3-8-16(19-10)11(2)18-15-7-4-12-9-13(17)5-6-14(12)15/h3,5-6,8-9,11,15,18H,4,7,17H2,1-2H3. The van der Waals surface area contributed by atoms with Crippen molar-refractivity contribution in [2.45, 2.75) is 38.8 Å². The molecule has 19 heavy (non-hydrogen) atoms. The summed E-state index contributed by atoms with van der Waals surface area (Å²) in [7, 11) is 0. The number of hydrogen-bond acceptors (Lipinski definition) is 3. The van der Waals surface area contributed by atoms with Gasteiger partial charge in [-0.15, -0.1) is 0 Å². The van der Waals surface area contributed by atoms with E-state index in [0.29, 0.717) is 6.04 Å². The summed E-state index contributed by atoms with van der Waals surface area (Å²) in [6.45, 7) is 4.12. The Hall–Kier alpha value is -1.74. The van der Waals surface area contributed by atoms with Gasteiger partial charge < -0.3 is 15.5 Å². The molecule has 0 amide bonds. The largest absolute Gasteiger partial charge is 0.465 e. The van der Waals surface area contributed by atoms with Gasteiger partial charge in [-0.1, -0.05) is 6.07 Å². The molecule has 3 nitrogen and oxygen atoms in total. The van der Waals surface area contributed by atoms with Crippen molar-refractivity contribution in [1.82, 2.24) is 5.32 Å². The Balaban J connectivity index is 1.76. The fourth-order valence-corrected chi connectivity index (χ4v) is 2.88. The van der Waals surface area contributed by atoms with Crippen LogP contribution < -0.4 is 11.1 Å². The SMILES string of the molecule is Cc1ccc(C(C)NC2CCc3cc(N)ccc32)o1. The second-order valence-electron chi connectivity index (χ2n) is 5.39. The number of anilines is 1. The van der Waals surface area contributed by atoms with Gasteiger partial charge in [0.2, 0.25) is 0 Å². The van der Waals surface area contributed by atoms with Crippen molar-refractivity contribution in [3.05, 3.63) is 53.0 Å². The number of fused-ring (bicyclic) bond motifs is 1. The molecule has 1 aliphatic carbocycles. The van der Waals surface area contributed by atoms with E-state index in [4.69, 9.17) is 10.2 Å². The van der Waals surface area contributed by atoms with E-state index in [1.807, 2.05) is 25.1 Å². The number of furan rings is 1. The molecule has 0 fully saturated rings. The summed E-state index contributed by atoms with van der Waals surface area (Å²) in [5.41, 5.74) is 9.45. The Morgan fingerprint density at radius 2 is 2.16 bits per heavy atom. The summed E-state index contributed by atoms with van der Waals surface area (Å²) in [5, 5.41) is 3.65. The van der Waals surface area contributed by atoms with E-state index in [9.17, 15) is 0 Å². The van der Waals surface area contributed by atoms with Gasteiger partial charge in [0, 0.05) is 11.7 Å². The van der Waals surface area contributed by atoms with Crippen molar-refractivity contribution in [2.24, 2.45) is 0 Å². The minimum absolute atomic E-state index is 0.224. The zero-order chi connectivity index (χ0) is 13.4. The minimum atomic E-state index is 0.224. The molecule has 0 aliphatic heterocycles. The topological polar surface area (TPSA) is 51.2 Å². The first-order valence-corrected chi connectivity index (χ1v) is 6.84. The van der Waals surface area contributed by atoms with Gasteiger partial charge >= 0.3 is 0 Å². The highest BCUT2D eigenvalue weighted by molar-refractivity contribution is 5.47. The van der Waals surface area contributed by atoms with Crippen LogP contribution in [0.4, 0.5) is 5.69 Å². The van der Waals surface area contributed by atoms with Crippen molar-refractivity contribution >= 4 is 5.69 Å². The molecule has 0 saturated heterocycles. The summed E-state index contributed by atoms with van der Waals surface area (Å²) in [5.74, 6) is 1.96. The number of aryl methyl sites for hydroxylation is 2. The normalized spacial score (nSPS) is 19.4. The van der Waals surface area contributed by atoms with E-state index in [0.717, 1.165) is 30.0 Å². The summed E-state index contributed by atoms with van der Waals surface area (Å²) >= 11 is 0. The highest BCUT2D eigenvalue weighted by atomic mass is 16.3. The Morgan fingerprint density at radius 3 is 2.89 bits per heavy atom. The van der Waals surface area contributed by atoms with Crippen LogP contribution in [0.2, 0.25) is 0 Å². The van der Waals surface area contributed by atoms with E-state index in [2.05, 4.69) is 24.4 Å². The second kappa shape index (κ2) is 4.74. The van der Waals surface area contributed by atoms with Crippen LogP contribution in [-0.4, -0.2) is 0 Å². The van der Waals surface area contributed by atoms with Crippen molar-refractivity contribution in [3.63, 3.8) is 0 Å². The van der Waals surface area contributed by atoms with Crippen LogP contribution in [0.1, 0.15) is 48.1 Å². The average molecular weight is 256 g/mol. The first-order chi connectivity index (χ1) is 9.13. The molecule has 3 heteroatoms. The molecular weight excluding hydrogens is 236 g/mol. The molecule has 0 saturated carbocycles. The van der Waals surface area contributed by atoms with Gasteiger partial charge in [-0.2, -0.15) is 0 Å². The van der Waals surface area contributed by atoms with Gasteiger partial charge in [-0.25, -0.2) is 0 Å². The quantitative estimate of drug-likeness (QED) is 0.826. The highest BCUT2D eigenvalue weighted by Crippen LogP contribution is 2.34. The Kier molecular flexibility index (Phi) is 3.07. The van der Waals surface area contributed by atoms with Gasteiger partial charge in [-0.3, -0.25) is 0 Å². The van der Waals surface area contributed by atoms with Gasteiger partial charge in [0.1, 0.15) is 11.5 Å². The van der Waals surface area contributed by atoms with Crippen LogP contribution in [0.3, 0.4) is 0 Å². The van der Waals surface area contributed by atoms with Crippen LogP contribution in [-0.2, 0) is 6.42 Å². The van der Waals surface area contributed by atoms with Crippen molar-refractivity contribution < 1.29 is 4.42 Å². The molecule has 1 aliphatic rings. The zero-order valence-electron chi connectivity index (χ0n) is 11.4. The monoisotopic (exact) mass is 256 g/mol. The third-order valence-electron chi connectivity index (χ3n) is 3.88. The molecule has 3 rings (SSSR count). The number of nitrogens with one attached hydrogen (secondary N) is 1.